The molecule has 1 amide bonds. The number of thiophene rings is 1. The smallest absolute Gasteiger partial charge is 0.266 e. The van der Waals surface area contributed by atoms with Gasteiger partial charge in [-0.05, 0) is 23.6 Å². The van der Waals surface area contributed by atoms with Gasteiger partial charge in [0.2, 0.25) is 5.95 Å². The van der Waals surface area contributed by atoms with Gasteiger partial charge in [0, 0.05) is 23.5 Å². The Morgan fingerprint density at radius 1 is 1.29 bits per heavy atom. The molecule has 0 radical (unpaired) electrons. The van der Waals surface area contributed by atoms with Crippen LogP contribution in [-0.4, -0.2) is 25.8 Å². The highest BCUT2D eigenvalue weighted by atomic mass is 35.5. The number of halogens is 1. The van der Waals surface area contributed by atoms with Crippen LogP contribution in [0.15, 0.2) is 36.0 Å². The van der Waals surface area contributed by atoms with Crippen molar-refractivity contribution in [3.63, 3.8) is 0 Å². The monoisotopic (exact) mass is 357 g/mol. The third-order valence-corrected chi connectivity index (χ3v) is 5.16. The minimum atomic E-state index is -0.108. The first-order chi connectivity index (χ1) is 11.6. The van der Waals surface area contributed by atoms with Gasteiger partial charge in [-0.3, -0.25) is 9.78 Å². The van der Waals surface area contributed by atoms with E-state index in [1.165, 1.54) is 11.3 Å². The molecule has 0 aromatic carbocycles. The van der Waals surface area contributed by atoms with Crippen molar-refractivity contribution in [3.05, 3.63) is 57.1 Å². The largest absolute Gasteiger partial charge is 0.368 e. The highest BCUT2D eigenvalue weighted by molar-refractivity contribution is 7.12. The zero-order valence-corrected chi connectivity index (χ0v) is 14.0. The fourth-order valence-corrected chi connectivity index (χ4v) is 3.85. The van der Waals surface area contributed by atoms with Crippen LogP contribution in [0.4, 0.5) is 5.95 Å². The van der Waals surface area contributed by atoms with Crippen molar-refractivity contribution in [2.24, 2.45) is 0 Å². The van der Waals surface area contributed by atoms with Crippen LogP contribution in [0.25, 0.3) is 11.3 Å². The third kappa shape index (κ3) is 2.51. The maximum absolute atomic E-state index is 12.7. The molecule has 24 heavy (non-hydrogen) atoms. The number of amides is 1. The van der Waals surface area contributed by atoms with E-state index in [9.17, 15) is 4.79 Å². The Labute approximate surface area is 146 Å². The van der Waals surface area contributed by atoms with Crippen molar-refractivity contribution < 1.29 is 4.79 Å². The molecule has 0 atom stereocenters. The number of aromatic nitrogens is 3. The molecule has 3 aromatic heterocycles. The lowest BCUT2D eigenvalue weighted by molar-refractivity contribution is 0.0755. The molecule has 0 fully saturated rings. The normalized spacial score (nSPS) is 13.1. The zero-order valence-electron chi connectivity index (χ0n) is 12.4. The van der Waals surface area contributed by atoms with Gasteiger partial charge in [0.05, 0.1) is 29.5 Å². The van der Waals surface area contributed by atoms with E-state index in [2.05, 4.69) is 15.0 Å². The number of fused-ring (bicyclic) bond motifs is 1. The van der Waals surface area contributed by atoms with Crippen molar-refractivity contribution in [2.75, 3.05) is 5.73 Å². The first-order valence-corrected chi connectivity index (χ1v) is 8.47. The SMILES string of the molecule is Nc1nc2c(c(-c3cccnc3)n1)CN(C(=O)c1sccc1Cl)C2. The summed E-state index contributed by atoms with van der Waals surface area (Å²) >= 11 is 7.42. The van der Waals surface area contributed by atoms with E-state index in [1.54, 1.807) is 28.7 Å². The van der Waals surface area contributed by atoms with Crippen molar-refractivity contribution in [3.8, 4) is 11.3 Å². The molecular weight excluding hydrogens is 346 g/mol. The second-order valence-corrected chi connectivity index (χ2v) is 6.68. The molecule has 120 valence electrons. The van der Waals surface area contributed by atoms with Gasteiger partial charge < -0.3 is 10.6 Å². The number of carbonyl (C=O) groups excluding carboxylic acids is 1. The second kappa shape index (κ2) is 5.85. The quantitative estimate of drug-likeness (QED) is 0.762. The van der Waals surface area contributed by atoms with E-state index in [-0.39, 0.29) is 11.9 Å². The highest BCUT2D eigenvalue weighted by Crippen LogP contribution is 2.33. The number of anilines is 1. The summed E-state index contributed by atoms with van der Waals surface area (Å²) < 4.78 is 0. The molecule has 1 aliphatic rings. The van der Waals surface area contributed by atoms with Crippen LogP contribution in [0, 0.1) is 0 Å². The van der Waals surface area contributed by atoms with E-state index < -0.39 is 0 Å². The fraction of sp³-hybridized carbons (Fsp3) is 0.125. The average Bonchev–Trinajstić information content (AvgIpc) is 3.20. The Kier molecular flexibility index (Phi) is 3.66. The summed E-state index contributed by atoms with van der Waals surface area (Å²) in [6, 6.07) is 5.47. The van der Waals surface area contributed by atoms with Gasteiger partial charge in [0.1, 0.15) is 4.88 Å². The number of hydrogen-bond donors (Lipinski definition) is 1. The first kappa shape index (κ1) is 15.0. The predicted molar refractivity (Wildman–Crippen MR) is 92.6 cm³/mol. The molecule has 4 rings (SSSR count). The molecule has 0 aliphatic carbocycles. The van der Waals surface area contributed by atoms with Gasteiger partial charge in [-0.1, -0.05) is 11.6 Å². The van der Waals surface area contributed by atoms with Gasteiger partial charge in [0.25, 0.3) is 5.91 Å². The number of nitrogen functional groups attached to an aromatic ring is 1. The van der Waals surface area contributed by atoms with Crippen molar-refractivity contribution in [2.45, 2.75) is 13.1 Å². The molecule has 8 heteroatoms. The summed E-state index contributed by atoms with van der Waals surface area (Å²) in [5.41, 5.74) is 9.08. The number of rotatable bonds is 2. The molecule has 2 N–H and O–H groups in total. The number of pyridine rings is 1. The van der Waals surface area contributed by atoms with Gasteiger partial charge in [-0.25, -0.2) is 9.97 Å². The van der Waals surface area contributed by atoms with Gasteiger partial charge >= 0.3 is 0 Å². The molecule has 1 aliphatic heterocycles. The molecular formula is C16H12ClN5OS. The summed E-state index contributed by atoms with van der Waals surface area (Å²) in [6.07, 6.45) is 3.42. The average molecular weight is 358 g/mol. The van der Waals surface area contributed by atoms with Crippen molar-refractivity contribution in [1.82, 2.24) is 19.9 Å². The predicted octanol–water partition coefficient (Wildman–Crippen LogP) is 2.99. The molecule has 0 bridgehead atoms. The van der Waals surface area contributed by atoms with Crippen LogP contribution in [0.2, 0.25) is 5.02 Å². The van der Waals surface area contributed by atoms with Gasteiger partial charge in [-0.2, -0.15) is 0 Å². The third-order valence-electron chi connectivity index (χ3n) is 3.83. The lowest BCUT2D eigenvalue weighted by atomic mass is 10.1. The summed E-state index contributed by atoms with van der Waals surface area (Å²) in [4.78, 5) is 27.7. The molecule has 0 saturated carbocycles. The molecule has 0 saturated heterocycles. The number of hydrogen-bond acceptors (Lipinski definition) is 6. The molecule has 0 spiro atoms. The van der Waals surface area contributed by atoms with E-state index >= 15 is 0 Å². The number of carbonyl (C=O) groups is 1. The number of nitrogens with two attached hydrogens (primary N) is 1. The summed E-state index contributed by atoms with van der Waals surface area (Å²) in [5.74, 6) is 0.0831. The molecule has 6 nitrogen and oxygen atoms in total. The van der Waals surface area contributed by atoms with Crippen molar-refractivity contribution >= 4 is 34.8 Å². The van der Waals surface area contributed by atoms with Crippen LogP contribution in [0.3, 0.4) is 0 Å². The molecule has 3 aromatic rings. The maximum atomic E-state index is 12.7. The highest BCUT2D eigenvalue weighted by Gasteiger charge is 2.30. The van der Waals surface area contributed by atoms with Crippen LogP contribution < -0.4 is 5.73 Å². The first-order valence-electron chi connectivity index (χ1n) is 7.21. The minimum absolute atomic E-state index is 0.108. The Balaban J connectivity index is 1.72. The van der Waals surface area contributed by atoms with Crippen LogP contribution in [0.1, 0.15) is 20.9 Å². The Morgan fingerprint density at radius 2 is 2.17 bits per heavy atom. The lowest BCUT2D eigenvalue weighted by Gasteiger charge is -2.14. The van der Waals surface area contributed by atoms with Gasteiger partial charge in [0.15, 0.2) is 0 Å². The Bertz CT molecular complexity index is 927. The minimum Gasteiger partial charge on any atom is -0.368 e. The molecule has 4 heterocycles. The van der Waals surface area contributed by atoms with E-state index in [0.29, 0.717) is 23.0 Å². The van der Waals surface area contributed by atoms with Crippen LogP contribution in [0.5, 0.6) is 0 Å². The Morgan fingerprint density at radius 3 is 2.88 bits per heavy atom. The summed E-state index contributed by atoms with van der Waals surface area (Å²) in [5, 5.41) is 2.27. The van der Waals surface area contributed by atoms with Crippen LogP contribution in [-0.2, 0) is 13.1 Å². The lowest BCUT2D eigenvalue weighted by Crippen LogP contribution is -2.24. The summed E-state index contributed by atoms with van der Waals surface area (Å²) in [7, 11) is 0. The summed E-state index contributed by atoms with van der Waals surface area (Å²) in [6.45, 7) is 0.815. The topological polar surface area (TPSA) is 85.0 Å². The number of nitrogens with zero attached hydrogens (tertiary/aromatic N) is 4. The van der Waals surface area contributed by atoms with Gasteiger partial charge in [-0.15, -0.1) is 11.3 Å². The van der Waals surface area contributed by atoms with Crippen molar-refractivity contribution in [1.29, 1.82) is 0 Å². The fourth-order valence-electron chi connectivity index (χ4n) is 2.75. The second-order valence-electron chi connectivity index (χ2n) is 5.36. The molecule has 0 unspecified atom stereocenters. The van der Waals surface area contributed by atoms with Crippen LogP contribution >= 0.6 is 22.9 Å². The standard InChI is InChI=1S/C16H12ClN5OS/c17-11-3-5-24-14(11)15(23)22-7-10-12(8-22)20-16(18)21-13(10)9-2-1-4-19-6-9/h1-6H,7-8H2,(H2,18,20,21). The maximum Gasteiger partial charge on any atom is 0.266 e. The van der Waals surface area contributed by atoms with E-state index in [0.717, 1.165) is 22.5 Å². The van der Waals surface area contributed by atoms with E-state index in [4.69, 9.17) is 17.3 Å². The Hall–Kier alpha value is -2.51. The van der Waals surface area contributed by atoms with E-state index in [1.807, 2.05) is 12.1 Å². The zero-order chi connectivity index (χ0) is 16.7.